The van der Waals surface area contributed by atoms with E-state index in [-0.39, 0.29) is 6.04 Å². The zero-order valence-corrected chi connectivity index (χ0v) is 16.6. The Bertz CT molecular complexity index is 955. The van der Waals surface area contributed by atoms with Gasteiger partial charge in [-0.15, -0.1) is 0 Å². The molecular weight excluding hydrogens is 435 g/mol. The molecule has 4 heteroatoms. The van der Waals surface area contributed by atoms with Crippen molar-refractivity contribution >= 4 is 34.0 Å². The molecule has 26 heavy (non-hydrogen) atoms. The molecule has 0 aromatic heterocycles. The number of benzene rings is 3. The first-order chi connectivity index (χ1) is 12.6. The second-order valence-corrected chi connectivity index (χ2v) is 7.66. The van der Waals surface area contributed by atoms with Gasteiger partial charge in [-0.2, -0.15) is 5.10 Å². The molecule has 0 radical (unpaired) electrons. The van der Waals surface area contributed by atoms with Gasteiger partial charge in [-0.1, -0.05) is 48.5 Å². The van der Waals surface area contributed by atoms with E-state index in [0.717, 1.165) is 32.5 Å². The van der Waals surface area contributed by atoms with E-state index in [0.29, 0.717) is 5.75 Å². The maximum atomic E-state index is 10.6. The fourth-order valence-electron chi connectivity index (χ4n) is 3.38. The summed E-state index contributed by atoms with van der Waals surface area (Å²) < 4.78 is 0.856. The van der Waals surface area contributed by atoms with Crippen molar-refractivity contribution < 1.29 is 5.11 Å². The topological polar surface area (TPSA) is 35.8 Å². The third-order valence-corrected chi connectivity index (χ3v) is 5.46. The molecule has 0 saturated heterocycles. The van der Waals surface area contributed by atoms with E-state index in [1.807, 2.05) is 43.3 Å². The SMILES string of the molecule is Cc1cc(I)c(O)c(C2=NN(c3ccccc3)C(c3ccccc3)C2)c1. The third-order valence-electron chi connectivity index (χ3n) is 4.63. The van der Waals surface area contributed by atoms with Crippen molar-refractivity contribution in [1.82, 2.24) is 0 Å². The highest BCUT2D eigenvalue weighted by atomic mass is 127. The lowest BCUT2D eigenvalue weighted by Gasteiger charge is -2.23. The van der Waals surface area contributed by atoms with Crippen LogP contribution in [0.15, 0.2) is 77.9 Å². The van der Waals surface area contributed by atoms with Gasteiger partial charge in [0.15, 0.2) is 0 Å². The van der Waals surface area contributed by atoms with E-state index >= 15 is 0 Å². The summed E-state index contributed by atoms with van der Waals surface area (Å²) in [6.07, 6.45) is 0.756. The van der Waals surface area contributed by atoms with Gasteiger partial charge >= 0.3 is 0 Å². The Morgan fingerprint density at radius 3 is 2.35 bits per heavy atom. The van der Waals surface area contributed by atoms with E-state index in [4.69, 9.17) is 5.10 Å². The number of rotatable bonds is 3. The highest BCUT2D eigenvalue weighted by Gasteiger charge is 2.31. The first-order valence-electron chi connectivity index (χ1n) is 8.59. The van der Waals surface area contributed by atoms with Crippen molar-refractivity contribution in [3.63, 3.8) is 0 Å². The van der Waals surface area contributed by atoms with Crippen LogP contribution >= 0.6 is 22.6 Å². The number of nitrogens with zero attached hydrogens (tertiary/aromatic N) is 2. The monoisotopic (exact) mass is 454 g/mol. The predicted molar refractivity (Wildman–Crippen MR) is 115 cm³/mol. The van der Waals surface area contributed by atoms with Gasteiger partial charge in [0.05, 0.1) is 21.0 Å². The number of hydrazone groups is 1. The average Bonchev–Trinajstić information content (AvgIpc) is 3.11. The first-order valence-corrected chi connectivity index (χ1v) is 9.67. The normalized spacial score (nSPS) is 16.6. The molecule has 1 atom stereocenters. The number of phenols is 1. The quantitative estimate of drug-likeness (QED) is 0.519. The number of hydrogen-bond acceptors (Lipinski definition) is 3. The maximum Gasteiger partial charge on any atom is 0.138 e. The standard InChI is InChI=1S/C22H19IN2O/c1-15-12-18(22(26)19(23)13-15)20-14-21(16-8-4-2-5-9-16)25(24-20)17-10-6-3-7-11-17/h2-13,21,26H,14H2,1H3. The van der Waals surface area contributed by atoms with Crippen molar-refractivity contribution in [3.8, 4) is 5.75 Å². The summed E-state index contributed by atoms with van der Waals surface area (Å²) in [5.41, 5.74) is 5.14. The summed E-state index contributed by atoms with van der Waals surface area (Å²) >= 11 is 2.18. The molecule has 0 aliphatic carbocycles. The van der Waals surface area contributed by atoms with Crippen molar-refractivity contribution in [2.24, 2.45) is 5.10 Å². The lowest BCUT2D eigenvalue weighted by atomic mass is 9.97. The van der Waals surface area contributed by atoms with Crippen molar-refractivity contribution in [2.45, 2.75) is 19.4 Å². The molecule has 0 fully saturated rings. The molecule has 0 amide bonds. The summed E-state index contributed by atoms with van der Waals surface area (Å²) in [5, 5.41) is 17.6. The van der Waals surface area contributed by atoms with Crippen LogP contribution < -0.4 is 5.01 Å². The Balaban J connectivity index is 1.80. The maximum absolute atomic E-state index is 10.6. The number of aryl methyl sites for hydroxylation is 1. The zero-order valence-electron chi connectivity index (χ0n) is 14.4. The van der Waals surface area contributed by atoms with Crippen LogP contribution in [0.3, 0.4) is 0 Å². The van der Waals surface area contributed by atoms with E-state index in [1.54, 1.807) is 0 Å². The molecule has 3 aromatic rings. The average molecular weight is 454 g/mol. The molecule has 3 aromatic carbocycles. The van der Waals surface area contributed by atoms with Crippen LogP contribution in [0.25, 0.3) is 0 Å². The smallest absolute Gasteiger partial charge is 0.138 e. The van der Waals surface area contributed by atoms with Crippen LogP contribution in [-0.2, 0) is 0 Å². The minimum atomic E-state index is 0.117. The number of phenolic OH excluding ortho intramolecular Hbond substituents is 1. The van der Waals surface area contributed by atoms with Crippen LogP contribution in [-0.4, -0.2) is 10.8 Å². The Labute approximate surface area is 167 Å². The van der Waals surface area contributed by atoms with Crippen LogP contribution in [0.2, 0.25) is 0 Å². The molecule has 1 aliphatic rings. The van der Waals surface area contributed by atoms with Gasteiger partial charge in [0.2, 0.25) is 0 Å². The second-order valence-electron chi connectivity index (χ2n) is 6.50. The largest absolute Gasteiger partial charge is 0.506 e. The summed E-state index contributed by atoms with van der Waals surface area (Å²) in [6, 6.07) is 24.8. The highest BCUT2D eigenvalue weighted by Crippen LogP contribution is 2.38. The molecule has 1 unspecified atom stereocenters. The molecule has 1 heterocycles. The molecule has 0 bridgehead atoms. The Morgan fingerprint density at radius 1 is 1.00 bits per heavy atom. The van der Waals surface area contributed by atoms with Crippen LogP contribution in [0.5, 0.6) is 5.75 Å². The van der Waals surface area contributed by atoms with E-state index in [9.17, 15) is 5.11 Å². The van der Waals surface area contributed by atoms with Gasteiger partial charge in [0.1, 0.15) is 5.75 Å². The fraction of sp³-hybridized carbons (Fsp3) is 0.136. The first kappa shape index (κ1) is 17.1. The molecule has 0 spiro atoms. The second kappa shape index (κ2) is 7.11. The van der Waals surface area contributed by atoms with Crippen molar-refractivity contribution in [1.29, 1.82) is 0 Å². The van der Waals surface area contributed by atoms with Crippen LogP contribution in [0.4, 0.5) is 5.69 Å². The summed E-state index contributed by atoms with van der Waals surface area (Å²) in [7, 11) is 0. The molecule has 1 N–H and O–H groups in total. The number of halogens is 1. The number of aromatic hydroxyl groups is 1. The van der Waals surface area contributed by atoms with Crippen molar-refractivity contribution in [3.05, 3.63) is 93.1 Å². The predicted octanol–water partition coefficient (Wildman–Crippen LogP) is 5.66. The van der Waals surface area contributed by atoms with Gasteiger partial charge in [-0.25, -0.2) is 0 Å². The van der Waals surface area contributed by atoms with E-state index in [1.165, 1.54) is 5.56 Å². The van der Waals surface area contributed by atoms with Gasteiger partial charge in [-0.3, -0.25) is 5.01 Å². The van der Waals surface area contributed by atoms with Gasteiger partial charge in [-0.05, 0) is 64.9 Å². The Morgan fingerprint density at radius 2 is 1.65 bits per heavy atom. The van der Waals surface area contributed by atoms with Gasteiger partial charge in [0.25, 0.3) is 0 Å². The number of hydrogen-bond donors (Lipinski definition) is 1. The third kappa shape index (κ3) is 3.21. The van der Waals surface area contributed by atoms with Crippen LogP contribution in [0.1, 0.15) is 29.2 Å². The zero-order chi connectivity index (χ0) is 18.1. The molecule has 130 valence electrons. The van der Waals surface area contributed by atoms with Gasteiger partial charge < -0.3 is 5.11 Å². The number of anilines is 1. The summed E-state index contributed by atoms with van der Waals surface area (Å²) in [6.45, 7) is 2.05. The van der Waals surface area contributed by atoms with Crippen molar-refractivity contribution in [2.75, 3.05) is 5.01 Å². The molecule has 1 aliphatic heterocycles. The fourth-order valence-corrected chi connectivity index (χ4v) is 4.16. The van der Waals surface area contributed by atoms with Gasteiger partial charge in [0, 0.05) is 12.0 Å². The minimum Gasteiger partial charge on any atom is -0.506 e. The molecule has 3 nitrogen and oxygen atoms in total. The van der Waals surface area contributed by atoms with Crippen LogP contribution in [0, 0.1) is 10.5 Å². The Hall–Kier alpha value is -2.34. The van der Waals surface area contributed by atoms with E-state index < -0.39 is 0 Å². The highest BCUT2D eigenvalue weighted by molar-refractivity contribution is 14.1. The lowest BCUT2D eigenvalue weighted by Crippen LogP contribution is -2.18. The summed E-state index contributed by atoms with van der Waals surface area (Å²) in [5.74, 6) is 0.316. The molecular formula is C22H19IN2O. The Kier molecular flexibility index (Phi) is 4.68. The lowest BCUT2D eigenvalue weighted by molar-refractivity contribution is 0.470. The summed E-state index contributed by atoms with van der Waals surface area (Å²) in [4.78, 5) is 0. The van der Waals surface area contributed by atoms with E-state index in [2.05, 4.69) is 64.0 Å². The minimum absolute atomic E-state index is 0.117. The molecule has 0 saturated carbocycles. The number of para-hydroxylation sites is 1. The molecule has 4 rings (SSSR count).